The smallest absolute Gasteiger partial charge is 0.303 e. The van der Waals surface area contributed by atoms with Gasteiger partial charge in [0, 0.05) is 36.3 Å². The molecule has 3 aromatic carbocycles. The number of esters is 1. The predicted molar refractivity (Wildman–Crippen MR) is 181 cm³/mol. The SMILES string of the molecule is COCC(=O)Nc1c(Cl)c(N)c(-c2c(C#N)cc(N)c(Cl)c2NC(=O)COC(C)=O)c(C#N)c1-c1c(C#N)cc(NC(=O)CO)c(Cl)c1N. The number of halogens is 3. The number of nitrogens with one attached hydrogen (secondary N) is 3. The summed E-state index contributed by atoms with van der Waals surface area (Å²) in [5, 5.41) is 46.4. The van der Waals surface area contributed by atoms with E-state index in [0.717, 1.165) is 19.1 Å². The third-order valence-corrected chi connectivity index (χ3v) is 7.76. The fourth-order valence-electron chi connectivity index (χ4n) is 4.59. The number of nitrogens with zero attached hydrogens (tertiary/aromatic N) is 3. The predicted octanol–water partition coefficient (Wildman–Crippen LogP) is 3.36. The van der Waals surface area contributed by atoms with E-state index in [-0.39, 0.29) is 66.2 Å². The van der Waals surface area contributed by atoms with Crippen LogP contribution in [0.4, 0.5) is 34.1 Å². The Kier molecular flexibility index (Phi) is 12.2. The normalized spacial score (nSPS) is 10.3. The molecular formula is C30H24Cl3N9O7. The topological polar surface area (TPSA) is 292 Å². The number of aliphatic hydroxyl groups is 1. The second-order valence-corrected chi connectivity index (χ2v) is 10.9. The highest BCUT2D eigenvalue weighted by Crippen LogP contribution is 2.54. The third kappa shape index (κ3) is 7.69. The maximum atomic E-state index is 12.8. The first-order valence-corrected chi connectivity index (χ1v) is 14.5. The molecule has 3 aromatic rings. The Morgan fingerprint density at radius 3 is 1.84 bits per heavy atom. The largest absolute Gasteiger partial charge is 0.456 e. The highest BCUT2D eigenvalue weighted by Gasteiger charge is 2.32. The minimum absolute atomic E-state index is 0.181. The molecular weight excluding hydrogens is 705 g/mol. The molecule has 0 radical (unpaired) electrons. The minimum atomic E-state index is -0.934. The number of nitrogen functional groups attached to an aromatic ring is 3. The second-order valence-electron chi connectivity index (χ2n) is 9.73. The van der Waals surface area contributed by atoms with Gasteiger partial charge in [-0.25, -0.2) is 0 Å². The van der Waals surface area contributed by atoms with Crippen LogP contribution < -0.4 is 33.2 Å². The number of methoxy groups -OCH3 is 1. The molecule has 0 spiro atoms. The van der Waals surface area contributed by atoms with Crippen LogP contribution in [0.25, 0.3) is 22.3 Å². The molecule has 0 atom stereocenters. The summed E-state index contributed by atoms with van der Waals surface area (Å²) in [6.45, 7) is -1.15. The standard InChI is InChI=1S/C30H24Cl3N9O7/c1-11(44)49-10-19(47)42-29-21(12(5-34)3-15(37)24(29)31)22-14(7-36)23(30(26(33)28(22)39)41-18(46)9-48-2)20-13(6-35)4-16(25(32)27(20)38)40-17(45)8-43/h3-4,43H,8-10,37-39H2,1-2H3,(H,40,45)(H,41,46)(H,42,47). The Morgan fingerprint density at radius 1 is 0.755 bits per heavy atom. The quantitative estimate of drug-likeness (QED) is 0.117. The van der Waals surface area contributed by atoms with Crippen LogP contribution in [-0.2, 0) is 28.7 Å². The third-order valence-electron chi connectivity index (χ3n) is 6.55. The Labute approximate surface area is 292 Å². The number of amides is 3. The Bertz CT molecular complexity index is 2050. The lowest BCUT2D eigenvalue weighted by atomic mass is 9.84. The number of ether oxygens (including phenoxy) is 2. The van der Waals surface area contributed by atoms with E-state index in [2.05, 4.69) is 16.0 Å². The van der Waals surface area contributed by atoms with E-state index in [1.165, 1.54) is 7.11 Å². The summed E-state index contributed by atoms with van der Waals surface area (Å²) in [5.74, 6) is -3.39. The van der Waals surface area contributed by atoms with Crippen LogP contribution in [0.15, 0.2) is 12.1 Å². The van der Waals surface area contributed by atoms with Gasteiger partial charge >= 0.3 is 5.97 Å². The first-order chi connectivity index (χ1) is 23.2. The van der Waals surface area contributed by atoms with Crippen LogP contribution in [0.3, 0.4) is 0 Å². The lowest BCUT2D eigenvalue weighted by Gasteiger charge is -2.25. The summed E-state index contributed by atoms with van der Waals surface area (Å²) in [6, 6.07) is 7.94. The number of hydrogen-bond acceptors (Lipinski definition) is 13. The van der Waals surface area contributed by atoms with Gasteiger partial charge in [0.15, 0.2) is 6.61 Å². The molecule has 3 amide bonds. The average molecular weight is 729 g/mol. The number of rotatable bonds is 10. The van der Waals surface area contributed by atoms with Gasteiger partial charge in [-0.3, -0.25) is 19.2 Å². The zero-order chi connectivity index (χ0) is 36.7. The van der Waals surface area contributed by atoms with Gasteiger partial charge in [0.25, 0.3) is 5.91 Å². The number of carbonyl (C=O) groups excluding carboxylic acids is 4. The zero-order valence-electron chi connectivity index (χ0n) is 25.4. The van der Waals surface area contributed by atoms with E-state index in [1.54, 1.807) is 0 Å². The first-order valence-electron chi connectivity index (χ1n) is 13.4. The summed E-state index contributed by atoms with van der Waals surface area (Å²) in [6.07, 6.45) is 0. The van der Waals surface area contributed by atoms with Crippen molar-refractivity contribution in [1.29, 1.82) is 15.8 Å². The second kappa shape index (κ2) is 15.9. The van der Waals surface area contributed by atoms with Crippen molar-refractivity contribution in [2.45, 2.75) is 6.92 Å². The van der Waals surface area contributed by atoms with E-state index in [9.17, 15) is 40.1 Å². The van der Waals surface area contributed by atoms with Crippen LogP contribution in [0.2, 0.25) is 15.1 Å². The molecule has 0 aliphatic heterocycles. The number of benzene rings is 3. The summed E-state index contributed by atoms with van der Waals surface area (Å²) < 4.78 is 9.63. The van der Waals surface area contributed by atoms with Crippen molar-refractivity contribution in [3.8, 4) is 40.5 Å². The molecule has 0 aromatic heterocycles. The Balaban J connectivity index is 2.63. The fraction of sp³-hybridized carbons (Fsp3) is 0.167. The molecule has 0 heterocycles. The molecule has 10 N–H and O–H groups in total. The Morgan fingerprint density at radius 2 is 1.31 bits per heavy atom. The maximum absolute atomic E-state index is 12.8. The molecule has 0 aliphatic carbocycles. The van der Waals surface area contributed by atoms with Gasteiger partial charge < -0.3 is 47.7 Å². The van der Waals surface area contributed by atoms with Crippen molar-refractivity contribution in [3.05, 3.63) is 43.9 Å². The van der Waals surface area contributed by atoms with E-state index in [0.29, 0.717) is 0 Å². The molecule has 16 nitrogen and oxygen atoms in total. The van der Waals surface area contributed by atoms with E-state index in [4.69, 9.17) is 61.5 Å². The van der Waals surface area contributed by atoms with Crippen LogP contribution in [0, 0.1) is 34.0 Å². The van der Waals surface area contributed by atoms with Crippen molar-refractivity contribution < 1.29 is 33.8 Å². The van der Waals surface area contributed by atoms with Gasteiger partial charge in [-0.2, -0.15) is 15.8 Å². The van der Waals surface area contributed by atoms with Gasteiger partial charge in [0.2, 0.25) is 11.8 Å². The molecule has 19 heteroatoms. The van der Waals surface area contributed by atoms with Crippen LogP contribution in [-0.4, -0.2) is 55.7 Å². The lowest BCUT2D eigenvalue weighted by Crippen LogP contribution is -2.21. The number of carbonyl (C=O) groups is 4. The van der Waals surface area contributed by atoms with Gasteiger partial charge in [0.1, 0.15) is 19.3 Å². The van der Waals surface area contributed by atoms with Gasteiger partial charge in [0.05, 0.1) is 78.0 Å². The van der Waals surface area contributed by atoms with Gasteiger partial charge in [-0.1, -0.05) is 34.8 Å². The van der Waals surface area contributed by atoms with Crippen LogP contribution in [0.5, 0.6) is 0 Å². The fourth-order valence-corrected chi connectivity index (χ4v) is 5.22. The monoisotopic (exact) mass is 727 g/mol. The first kappa shape index (κ1) is 37.7. The van der Waals surface area contributed by atoms with Crippen molar-refractivity contribution in [2.24, 2.45) is 0 Å². The molecule has 252 valence electrons. The van der Waals surface area contributed by atoms with Crippen molar-refractivity contribution in [1.82, 2.24) is 0 Å². The molecule has 0 saturated carbocycles. The van der Waals surface area contributed by atoms with Crippen LogP contribution >= 0.6 is 34.8 Å². The highest BCUT2D eigenvalue weighted by atomic mass is 35.5. The lowest BCUT2D eigenvalue weighted by molar-refractivity contribution is -0.144. The summed E-state index contributed by atoms with van der Waals surface area (Å²) in [7, 11) is 1.23. The molecule has 3 rings (SSSR count). The van der Waals surface area contributed by atoms with Crippen molar-refractivity contribution in [3.63, 3.8) is 0 Å². The van der Waals surface area contributed by atoms with E-state index in [1.807, 2.05) is 18.2 Å². The number of hydrogen-bond donors (Lipinski definition) is 7. The number of aliphatic hydroxyl groups excluding tert-OH is 1. The Hall–Kier alpha value is -5.80. The summed E-state index contributed by atoms with van der Waals surface area (Å²) >= 11 is 19.8. The highest BCUT2D eigenvalue weighted by molar-refractivity contribution is 6.41. The van der Waals surface area contributed by atoms with Crippen LogP contribution in [0.1, 0.15) is 23.6 Å². The summed E-state index contributed by atoms with van der Waals surface area (Å²) in [5.41, 5.74) is 14.8. The maximum Gasteiger partial charge on any atom is 0.303 e. The van der Waals surface area contributed by atoms with Crippen molar-refractivity contribution >= 4 is 92.6 Å². The average Bonchev–Trinajstić information content (AvgIpc) is 3.06. The number of nitrogens with two attached hydrogens (primary N) is 3. The van der Waals surface area contributed by atoms with E-state index >= 15 is 0 Å². The van der Waals surface area contributed by atoms with E-state index < -0.39 is 65.5 Å². The number of anilines is 6. The van der Waals surface area contributed by atoms with Crippen molar-refractivity contribution in [2.75, 3.05) is 60.1 Å². The number of nitriles is 3. The molecule has 0 saturated heterocycles. The molecule has 0 aliphatic rings. The van der Waals surface area contributed by atoms with Gasteiger partial charge in [-0.15, -0.1) is 0 Å². The molecule has 0 unspecified atom stereocenters. The van der Waals surface area contributed by atoms with Gasteiger partial charge in [-0.05, 0) is 12.1 Å². The minimum Gasteiger partial charge on any atom is -0.456 e. The molecule has 0 bridgehead atoms. The summed E-state index contributed by atoms with van der Waals surface area (Å²) in [4.78, 5) is 48.9. The zero-order valence-corrected chi connectivity index (χ0v) is 27.6. The molecule has 49 heavy (non-hydrogen) atoms. The molecule has 0 fully saturated rings.